The van der Waals surface area contributed by atoms with E-state index in [1.807, 2.05) is 13.8 Å². The lowest BCUT2D eigenvalue weighted by Crippen LogP contribution is -2.54. The predicted octanol–water partition coefficient (Wildman–Crippen LogP) is 3.87. The molecule has 0 rings (SSSR count). The third-order valence-electron chi connectivity index (χ3n) is 3.90. The molecule has 0 aliphatic rings. The standard InChI is InChI=1S/C18H36N2O3/c1-9-11-14(12(3)4)19-16(21)15(13(5)10-2)20-17(22)23-18(6,7)8/h12-15H,9-11H2,1-8H3,(H,19,21)(H,20,22)/t13?,14-,15+/m1/s1. The summed E-state index contributed by atoms with van der Waals surface area (Å²) < 4.78 is 5.28. The summed E-state index contributed by atoms with van der Waals surface area (Å²) in [6, 6.07) is -0.451. The Morgan fingerprint density at radius 2 is 1.61 bits per heavy atom. The van der Waals surface area contributed by atoms with Gasteiger partial charge in [0.15, 0.2) is 0 Å². The number of amides is 2. The van der Waals surface area contributed by atoms with Crippen molar-refractivity contribution >= 4 is 12.0 Å². The number of carbonyl (C=O) groups excluding carboxylic acids is 2. The minimum Gasteiger partial charge on any atom is -0.444 e. The van der Waals surface area contributed by atoms with Gasteiger partial charge in [-0.15, -0.1) is 0 Å². The first-order valence-corrected chi connectivity index (χ1v) is 8.81. The lowest BCUT2D eigenvalue weighted by molar-refractivity contribution is -0.125. The van der Waals surface area contributed by atoms with Crippen LogP contribution in [0.2, 0.25) is 0 Å². The van der Waals surface area contributed by atoms with E-state index in [1.165, 1.54) is 0 Å². The van der Waals surface area contributed by atoms with Crippen LogP contribution in [0.15, 0.2) is 0 Å². The first kappa shape index (κ1) is 21.7. The summed E-state index contributed by atoms with van der Waals surface area (Å²) in [7, 11) is 0. The lowest BCUT2D eigenvalue weighted by Gasteiger charge is -2.29. The second-order valence-corrected chi connectivity index (χ2v) is 7.66. The molecule has 2 amide bonds. The van der Waals surface area contributed by atoms with Crippen LogP contribution in [0.5, 0.6) is 0 Å². The Morgan fingerprint density at radius 3 is 2.00 bits per heavy atom. The van der Waals surface area contributed by atoms with Crippen molar-refractivity contribution < 1.29 is 14.3 Å². The van der Waals surface area contributed by atoms with E-state index in [0.717, 1.165) is 19.3 Å². The van der Waals surface area contributed by atoms with Crippen LogP contribution in [0.1, 0.15) is 74.7 Å². The van der Waals surface area contributed by atoms with Crippen molar-refractivity contribution in [2.75, 3.05) is 0 Å². The zero-order valence-electron chi connectivity index (χ0n) is 16.2. The van der Waals surface area contributed by atoms with E-state index in [2.05, 4.69) is 31.4 Å². The Balaban J connectivity index is 4.95. The predicted molar refractivity (Wildman–Crippen MR) is 94.3 cm³/mol. The summed E-state index contributed by atoms with van der Waals surface area (Å²) in [5.74, 6) is 0.271. The molecule has 0 aromatic heterocycles. The molecule has 0 spiro atoms. The van der Waals surface area contributed by atoms with Gasteiger partial charge < -0.3 is 15.4 Å². The molecule has 0 aromatic carbocycles. The van der Waals surface area contributed by atoms with Crippen LogP contribution in [0, 0.1) is 11.8 Å². The monoisotopic (exact) mass is 328 g/mol. The van der Waals surface area contributed by atoms with Crippen LogP contribution in [-0.4, -0.2) is 29.7 Å². The third kappa shape index (κ3) is 8.82. The Hall–Kier alpha value is -1.26. The summed E-state index contributed by atoms with van der Waals surface area (Å²) >= 11 is 0. The van der Waals surface area contributed by atoms with Crippen molar-refractivity contribution in [3.63, 3.8) is 0 Å². The maximum Gasteiger partial charge on any atom is 0.408 e. The molecule has 0 saturated carbocycles. The molecule has 0 aliphatic carbocycles. The van der Waals surface area contributed by atoms with Gasteiger partial charge in [0.2, 0.25) is 5.91 Å². The second kappa shape index (κ2) is 9.78. The minimum atomic E-state index is -0.580. The van der Waals surface area contributed by atoms with Gasteiger partial charge in [-0.2, -0.15) is 0 Å². The van der Waals surface area contributed by atoms with Gasteiger partial charge in [0.1, 0.15) is 11.6 Å². The maximum atomic E-state index is 12.7. The van der Waals surface area contributed by atoms with Crippen LogP contribution in [0.25, 0.3) is 0 Å². The smallest absolute Gasteiger partial charge is 0.408 e. The zero-order valence-corrected chi connectivity index (χ0v) is 16.2. The van der Waals surface area contributed by atoms with E-state index in [-0.39, 0.29) is 17.9 Å². The van der Waals surface area contributed by atoms with Gasteiger partial charge >= 0.3 is 6.09 Å². The zero-order chi connectivity index (χ0) is 18.2. The summed E-state index contributed by atoms with van der Waals surface area (Å²) in [5.41, 5.74) is -0.580. The SMILES string of the molecule is CCC[C@@H](NC(=O)[C@@H](NC(=O)OC(C)(C)C)C(C)CC)C(C)C. The number of nitrogens with one attached hydrogen (secondary N) is 2. The average Bonchev–Trinajstić information content (AvgIpc) is 2.41. The highest BCUT2D eigenvalue weighted by Crippen LogP contribution is 2.14. The molecule has 5 heteroatoms. The lowest BCUT2D eigenvalue weighted by atomic mass is 9.95. The number of carbonyl (C=O) groups is 2. The van der Waals surface area contributed by atoms with Gasteiger partial charge in [-0.05, 0) is 39.0 Å². The third-order valence-corrected chi connectivity index (χ3v) is 3.90. The fourth-order valence-electron chi connectivity index (χ4n) is 2.29. The van der Waals surface area contributed by atoms with Gasteiger partial charge in [0, 0.05) is 6.04 Å². The molecule has 136 valence electrons. The van der Waals surface area contributed by atoms with E-state index < -0.39 is 17.7 Å². The largest absolute Gasteiger partial charge is 0.444 e. The number of ether oxygens (including phenoxy) is 1. The molecule has 3 atom stereocenters. The van der Waals surface area contributed by atoms with Gasteiger partial charge in [-0.1, -0.05) is 47.5 Å². The molecule has 23 heavy (non-hydrogen) atoms. The van der Waals surface area contributed by atoms with Gasteiger partial charge in [-0.25, -0.2) is 4.79 Å². The summed E-state index contributed by atoms with van der Waals surface area (Å²) in [6.07, 6.45) is 2.20. The fraction of sp³-hybridized carbons (Fsp3) is 0.889. The van der Waals surface area contributed by atoms with Crippen LogP contribution in [0.4, 0.5) is 4.79 Å². The molecule has 0 aromatic rings. The van der Waals surface area contributed by atoms with Crippen LogP contribution >= 0.6 is 0 Å². The maximum absolute atomic E-state index is 12.7. The molecule has 5 nitrogen and oxygen atoms in total. The highest BCUT2D eigenvalue weighted by Gasteiger charge is 2.29. The minimum absolute atomic E-state index is 0.0388. The normalized spacial score (nSPS) is 15.7. The Bertz CT molecular complexity index is 375. The Morgan fingerprint density at radius 1 is 1.04 bits per heavy atom. The van der Waals surface area contributed by atoms with E-state index in [1.54, 1.807) is 20.8 Å². The number of hydrogen-bond acceptors (Lipinski definition) is 3. The average molecular weight is 328 g/mol. The second-order valence-electron chi connectivity index (χ2n) is 7.66. The molecule has 0 saturated heterocycles. The molecular weight excluding hydrogens is 292 g/mol. The summed E-state index contributed by atoms with van der Waals surface area (Å²) in [6.45, 7) is 15.7. The molecule has 0 fully saturated rings. The molecule has 0 heterocycles. The highest BCUT2D eigenvalue weighted by atomic mass is 16.6. The molecule has 0 radical (unpaired) electrons. The number of rotatable bonds is 8. The first-order valence-electron chi connectivity index (χ1n) is 8.81. The molecule has 1 unspecified atom stereocenters. The van der Waals surface area contributed by atoms with Gasteiger partial charge in [-0.3, -0.25) is 4.79 Å². The highest BCUT2D eigenvalue weighted by molar-refractivity contribution is 5.86. The quantitative estimate of drug-likeness (QED) is 0.711. The molecule has 0 bridgehead atoms. The fourth-order valence-corrected chi connectivity index (χ4v) is 2.29. The van der Waals surface area contributed by atoms with Crippen molar-refractivity contribution in [3.8, 4) is 0 Å². The van der Waals surface area contributed by atoms with Crippen molar-refractivity contribution in [1.82, 2.24) is 10.6 Å². The van der Waals surface area contributed by atoms with Crippen LogP contribution < -0.4 is 10.6 Å². The van der Waals surface area contributed by atoms with Crippen LogP contribution in [0.3, 0.4) is 0 Å². The number of alkyl carbamates (subject to hydrolysis) is 1. The van der Waals surface area contributed by atoms with Gasteiger partial charge in [0.25, 0.3) is 0 Å². The summed E-state index contributed by atoms with van der Waals surface area (Å²) in [4.78, 5) is 24.7. The van der Waals surface area contributed by atoms with Crippen molar-refractivity contribution in [3.05, 3.63) is 0 Å². The van der Waals surface area contributed by atoms with Crippen molar-refractivity contribution in [2.24, 2.45) is 11.8 Å². The first-order chi connectivity index (χ1) is 10.5. The van der Waals surface area contributed by atoms with Crippen LogP contribution in [-0.2, 0) is 9.53 Å². The van der Waals surface area contributed by atoms with E-state index >= 15 is 0 Å². The van der Waals surface area contributed by atoms with Gasteiger partial charge in [0.05, 0.1) is 0 Å². The van der Waals surface area contributed by atoms with Crippen molar-refractivity contribution in [1.29, 1.82) is 0 Å². The molecule has 2 N–H and O–H groups in total. The van der Waals surface area contributed by atoms with E-state index in [4.69, 9.17) is 4.74 Å². The molecular formula is C18H36N2O3. The van der Waals surface area contributed by atoms with E-state index in [9.17, 15) is 9.59 Å². The molecule has 0 aliphatic heterocycles. The topological polar surface area (TPSA) is 67.4 Å². The Kier molecular flexibility index (Phi) is 9.25. The van der Waals surface area contributed by atoms with E-state index in [0.29, 0.717) is 5.92 Å². The number of hydrogen-bond donors (Lipinski definition) is 2. The van der Waals surface area contributed by atoms with Crippen molar-refractivity contribution in [2.45, 2.75) is 92.3 Å². The summed E-state index contributed by atoms with van der Waals surface area (Å²) in [5, 5.41) is 5.83. The Labute approximate surface area is 141 Å².